The third kappa shape index (κ3) is 3.46. The van der Waals surface area contributed by atoms with Crippen LogP contribution < -0.4 is 10.1 Å². The number of hydrogen-bond acceptors (Lipinski definition) is 4. The molecule has 6 nitrogen and oxygen atoms in total. The molecule has 0 saturated heterocycles. The van der Waals surface area contributed by atoms with Crippen LogP contribution in [0.1, 0.15) is 26.3 Å². The van der Waals surface area contributed by atoms with Crippen molar-refractivity contribution in [3.63, 3.8) is 0 Å². The Kier molecular flexibility index (Phi) is 5.86. The topological polar surface area (TPSA) is 75.1 Å². The highest BCUT2D eigenvalue weighted by Gasteiger charge is 2.47. The maximum absolute atomic E-state index is 13.7. The number of hydrogen-bond donors (Lipinski definition) is 0. The maximum Gasteiger partial charge on any atom is 0.212 e. The minimum absolute atomic E-state index is 0.257. The molecule has 0 unspecified atom stereocenters. The van der Waals surface area contributed by atoms with Gasteiger partial charge in [0, 0.05) is 39.8 Å². The zero-order valence-electron chi connectivity index (χ0n) is 23.2. The second-order valence-corrected chi connectivity index (χ2v) is 12.5. The predicted octanol–water partition coefficient (Wildman–Crippen LogP) is 5.76. The van der Waals surface area contributed by atoms with E-state index in [4.69, 9.17) is 4.74 Å². The van der Waals surface area contributed by atoms with Gasteiger partial charge in [-0.2, -0.15) is 9.84 Å². The Morgan fingerprint density at radius 2 is 1.73 bits per heavy atom. The first-order valence-electron chi connectivity index (χ1n) is 13.2. The maximum atomic E-state index is 13.7. The molecule has 40 heavy (non-hydrogen) atoms. The summed E-state index contributed by atoms with van der Waals surface area (Å²) in [4.78, 5) is 0.521. The molecule has 5 aromatic rings. The minimum Gasteiger partial charge on any atom is -0.497 e. The monoisotopic (exact) mass is 548 g/mol. The van der Waals surface area contributed by atoms with Crippen LogP contribution in [0.5, 0.6) is 5.75 Å². The Hall–Kier alpha value is -4.41. The SMILES string of the molecule is CCn1c(=C(C#N)C2=[N+](C)c3ccc(OC)cc3C2(C)C)c2cccc3c(S(=O)(=O)c4ccccc4)ccc1c32. The molecule has 7 heteroatoms. The number of aromatic nitrogens is 1. The molecule has 0 saturated carbocycles. The molecule has 0 radical (unpaired) electrons. The average Bonchev–Trinajstić information content (AvgIpc) is 3.39. The quantitative estimate of drug-likeness (QED) is 0.262. The first-order chi connectivity index (χ1) is 19.2. The molecule has 1 aliphatic rings. The van der Waals surface area contributed by atoms with Crippen LogP contribution in [0.3, 0.4) is 0 Å². The van der Waals surface area contributed by atoms with Crippen molar-refractivity contribution in [1.29, 1.82) is 5.26 Å². The summed E-state index contributed by atoms with van der Waals surface area (Å²) in [6.07, 6.45) is 0. The fourth-order valence-electron chi connectivity index (χ4n) is 6.41. The van der Waals surface area contributed by atoms with Crippen molar-refractivity contribution >= 4 is 48.5 Å². The lowest BCUT2D eigenvalue weighted by atomic mass is 9.78. The number of aryl methyl sites for hydroxylation is 1. The number of benzene rings is 4. The molecule has 200 valence electrons. The summed E-state index contributed by atoms with van der Waals surface area (Å²) in [6.45, 7) is 6.93. The third-order valence-corrected chi connectivity index (χ3v) is 10.0. The number of sulfone groups is 1. The van der Waals surface area contributed by atoms with Gasteiger partial charge in [-0.05, 0) is 57.2 Å². The summed E-state index contributed by atoms with van der Waals surface area (Å²) in [7, 11) is -0.0976. The lowest BCUT2D eigenvalue weighted by Gasteiger charge is -2.18. The molecular formula is C33H30N3O3S+. The van der Waals surface area contributed by atoms with Gasteiger partial charge in [-0.1, -0.05) is 36.4 Å². The molecule has 0 spiro atoms. The number of rotatable bonds is 5. The van der Waals surface area contributed by atoms with E-state index in [2.05, 4.69) is 36.0 Å². The predicted molar refractivity (Wildman–Crippen MR) is 158 cm³/mol. The molecular weight excluding hydrogens is 518 g/mol. The summed E-state index contributed by atoms with van der Waals surface area (Å²) in [5, 5.41) is 13.9. The van der Waals surface area contributed by atoms with Gasteiger partial charge in [0.1, 0.15) is 24.4 Å². The van der Waals surface area contributed by atoms with Crippen molar-refractivity contribution in [3.8, 4) is 11.8 Å². The summed E-state index contributed by atoms with van der Waals surface area (Å²) >= 11 is 0. The first-order valence-corrected chi connectivity index (χ1v) is 14.7. The van der Waals surface area contributed by atoms with Crippen molar-refractivity contribution in [2.75, 3.05) is 14.2 Å². The second-order valence-electron chi connectivity index (χ2n) is 10.6. The van der Waals surface area contributed by atoms with Crippen molar-refractivity contribution in [1.82, 2.24) is 4.57 Å². The van der Waals surface area contributed by atoms with E-state index in [1.54, 1.807) is 43.5 Å². The Morgan fingerprint density at radius 1 is 1.00 bits per heavy atom. The van der Waals surface area contributed by atoms with Gasteiger partial charge in [0.2, 0.25) is 21.2 Å². The zero-order valence-corrected chi connectivity index (χ0v) is 24.0. The van der Waals surface area contributed by atoms with Gasteiger partial charge in [0.05, 0.1) is 27.7 Å². The molecule has 0 N–H and O–H groups in total. The molecule has 0 amide bonds. The number of nitriles is 1. The largest absolute Gasteiger partial charge is 0.497 e. The van der Waals surface area contributed by atoms with Crippen LogP contribution in [0.25, 0.3) is 27.2 Å². The Labute approximate surface area is 234 Å². The van der Waals surface area contributed by atoms with Crippen LogP contribution in [0, 0.1) is 11.3 Å². The molecule has 1 aromatic heterocycles. The fraction of sp³-hybridized carbons (Fsp3) is 0.212. The van der Waals surface area contributed by atoms with E-state index in [-0.39, 0.29) is 9.79 Å². The zero-order chi connectivity index (χ0) is 28.4. The van der Waals surface area contributed by atoms with Gasteiger partial charge in [-0.15, -0.1) is 0 Å². The summed E-state index contributed by atoms with van der Waals surface area (Å²) in [6, 6.07) is 26.4. The van der Waals surface area contributed by atoms with E-state index in [9.17, 15) is 13.7 Å². The number of ether oxygens (including phenoxy) is 1. The highest BCUT2D eigenvalue weighted by molar-refractivity contribution is 7.91. The third-order valence-electron chi connectivity index (χ3n) is 8.20. The Bertz CT molecular complexity index is 2080. The van der Waals surface area contributed by atoms with E-state index in [0.717, 1.165) is 44.4 Å². The Morgan fingerprint density at radius 3 is 2.40 bits per heavy atom. The highest BCUT2D eigenvalue weighted by Crippen LogP contribution is 2.43. The summed E-state index contributed by atoms with van der Waals surface area (Å²) < 4.78 is 37.2. The molecule has 2 heterocycles. The van der Waals surface area contributed by atoms with Gasteiger partial charge < -0.3 is 9.30 Å². The van der Waals surface area contributed by atoms with Gasteiger partial charge in [0.25, 0.3) is 0 Å². The van der Waals surface area contributed by atoms with Crippen LogP contribution >= 0.6 is 0 Å². The second kappa shape index (κ2) is 9.07. The standard InChI is InChI=1S/C33H30N3O3S/c1-6-36-28-17-18-29(40(37,38)22-11-8-7-9-12-22)23-13-10-14-24(30(23)28)31(36)25(20-34)32-33(2,3)26-19-21(39-5)15-16-27(26)35(32)4/h7-19H,6H2,1-5H3/q+1. The van der Waals surface area contributed by atoms with Crippen molar-refractivity contribution in [3.05, 3.63) is 89.8 Å². The lowest BCUT2D eigenvalue weighted by molar-refractivity contribution is -0.401. The van der Waals surface area contributed by atoms with Gasteiger partial charge in [0.15, 0.2) is 0 Å². The molecule has 0 bridgehead atoms. The van der Waals surface area contributed by atoms with Crippen LogP contribution in [-0.4, -0.2) is 37.4 Å². The van der Waals surface area contributed by atoms with Crippen LogP contribution in [0.15, 0.2) is 88.7 Å². The van der Waals surface area contributed by atoms with Gasteiger partial charge in [-0.3, -0.25) is 0 Å². The van der Waals surface area contributed by atoms with E-state index >= 15 is 0 Å². The highest BCUT2D eigenvalue weighted by atomic mass is 32.2. The smallest absolute Gasteiger partial charge is 0.212 e. The molecule has 1 aliphatic heterocycles. The lowest BCUT2D eigenvalue weighted by Crippen LogP contribution is -2.34. The van der Waals surface area contributed by atoms with Crippen LogP contribution in [0.4, 0.5) is 5.69 Å². The number of fused-ring (bicyclic) bond motifs is 1. The molecule has 0 fully saturated rings. The molecule has 6 rings (SSSR count). The van der Waals surface area contributed by atoms with E-state index in [0.29, 0.717) is 17.5 Å². The number of nitrogens with zero attached hydrogens (tertiary/aromatic N) is 3. The van der Waals surface area contributed by atoms with Crippen LogP contribution in [0.2, 0.25) is 0 Å². The fourth-order valence-corrected chi connectivity index (χ4v) is 7.89. The van der Waals surface area contributed by atoms with Gasteiger partial charge in [-0.25, -0.2) is 8.42 Å². The van der Waals surface area contributed by atoms with Crippen molar-refractivity contribution in [2.45, 2.75) is 42.5 Å². The molecule has 0 atom stereocenters. The van der Waals surface area contributed by atoms with E-state index < -0.39 is 15.3 Å². The Balaban J connectivity index is 1.72. The number of methoxy groups -OCH3 is 1. The summed E-state index contributed by atoms with van der Waals surface area (Å²) in [5.74, 6) is 0.771. The van der Waals surface area contributed by atoms with Crippen molar-refractivity contribution < 1.29 is 17.7 Å². The molecule has 4 aromatic carbocycles. The van der Waals surface area contributed by atoms with Crippen LogP contribution in [-0.2, 0) is 21.8 Å². The van der Waals surface area contributed by atoms with Gasteiger partial charge >= 0.3 is 0 Å². The molecule has 0 aliphatic carbocycles. The first kappa shape index (κ1) is 25.8. The normalized spacial score (nSPS) is 15.4. The van der Waals surface area contributed by atoms with Crippen molar-refractivity contribution in [2.24, 2.45) is 0 Å². The minimum atomic E-state index is -3.75. The summed E-state index contributed by atoms with van der Waals surface area (Å²) in [5.41, 5.74) is 4.02. The average molecular weight is 549 g/mol. The van der Waals surface area contributed by atoms with E-state index in [1.807, 2.05) is 49.5 Å². The van der Waals surface area contributed by atoms with E-state index in [1.165, 1.54) is 0 Å².